The molecule has 0 heterocycles. The number of benzene rings is 3. The Labute approximate surface area is 244 Å². The Kier molecular flexibility index (Phi) is 11.4. The molecule has 0 saturated carbocycles. The fraction of sp³-hybridized carbons (Fsp3) is 0.310. The highest BCUT2D eigenvalue weighted by Crippen LogP contribution is 2.25. The van der Waals surface area contributed by atoms with Gasteiger partial charge in [-0.2, -0.15) is 0 Å². The summed E-state index contributed by atoms with van der Waals surface area (Å²) in [7, 11) is -4.00. The van der Waals surface area contributed by atoms with Crippen molar-refractivity contribution in [2.75, 3.05) is 23.7 Å². The van der Waals surface area contributed by atoms with Gasteiger partial charge in [0.1, 0.15) is 18.4 Å². The first-order valence-electron chi connectivity index (χ1n) is 12.8. The van der Waals surface area contributed by atoms with E-state index in [1.54, 1.807) is 24.3 Å². The maximum atomic E-state index is 14.0. The number of carbonyl (C=O) groups excluding carboxylic acids is 2. The molecule has 0 saturated heterocycles. The van der Waals surface area contributed by atoms with Crippen LogP contribution in [0.1, 0.15) is 30.9 Å². The Morgan fingerprint density at radius 3 is 2.30 bits per heavy atom. The van der Waals surface area contributed by atoms with E-state index in [0.717, 1.165) is 41.1 Å². The predicted molar refractivity (Wildman–Crippen MR) is 157 cm³/mol. The van der Waals surface area contributed by atoms with Crippen LogP contribution in [0, 0.1) is 5.82 Å². The lowest BCUT2D eigenvalue weighted by molar-refractivity contribution is -0.140. The van der Waals surface area contributed by atoms with Crippen molar-refractivity contribution in [3.63, 3.8) is 0 Å². The molecule has 1 N–H and O–H groups in total. The lowest BCUT2D eigenvalue weighted by Gasteiger charge is -2.33. The van der Waals surface area contributed by atoms with E-state index in [2.05, 4.69) is 5.32 Å². The van der Waals surface area contributed by atoms with Crippen LogP contribution in [-0.2, 0) is 32.6 Å². The van der Waals surface area contributed by atoms with E-state index in [1.165, 1.54) is 11.0 Å². The van der Waals surface area contributed by atoms with Crippen molar-refractivity contribution >= 4 is 50.7 Å². The SMILES string of the molecule is CCCCNC(=O)[C@@H](Cc1ccccc1)N(Cc1cccc(Cl)c1)C(=O)CN(c1ccc(F)c(Cl)c1)S(C)(=O)=O. The number of carbonyl (C=O) groups is 2. The summed E-state index contributed by atoms with van der Waals surface area (Å²) in [5.41, 5.74) is 1.51. The Balaban J connectivity index is 2.04. The lowest BCUT2D eigenvalue weighted by atomic mass is 10.0. The van der Waals surface area contributed by atoms with Crippen LogP contribution in [0.25, 0.3) is 0 Å². The molecule has 0 aliphatic heterocycles. The summed E-state index contributed by atoms with van der Waals surface area (Å²) in [6.45, 7) is 1.81. The highest BCUT2D eigenvalue weighted by molar-refractivity contribution is 7.92. The summed E-state index contributed by atoms with van der Waals surface area (Å²) in [4.78, 5) is 28.9. The van der Waals surface area contributed by atoms with Crippen LogP contribution in [0.3, 0.4) is 0 Å². The fourth-order valence-electron chi connectivity index (χ4n) is 4.15. The highest BCUT2D eigenvalue weighted by Gasteiger charge is 2.33. The lowest BCUT2D eigenvalue weighted by Crippen LogP contribution is -2.53. The molecule has 0 aliphatic carbocycles. The number of halogens is 3. The average Bonchev–Trinajstić information content (AvgIpc) is 2.91. The van der Waals surface area contributed by atoms with Gasteiger partial charge in [-0.1, -0.05) is 79.0 Å². The number of amides is 2. The van der Waals surface area contributed by atoms with Crippen LogP contribution < -0.4 is 9.62 Å². The van der Waals surface area contributed by atoms with Gasteiger partial charge in [0.2, 0.25) is 21.8 Å². The van der Waals surface area contributed by atoms with E-state index in [-0.39, 0.29) is 29.6 Å². The first-order valence-corrected chi connectivity index (χ1v) is 15.4. The smallest absolute Gasteiger partial charge is 0.244 e. The van der Waals surface area contributed by atoms with Crippen LogP contribution in [0.15, 0.2) is 72.8 Å². The molecule has 0 spiro atoms. The molecule has 0 aromatic heterocycles. The quantitative estimate of drug-likeness (QED) is 0.262. The minimum atomic E-state index is -4.00. The minimum Gasteiger partial charge on any atom is -0.354 e. The second kappa shape index (κ2) is 14.5. The van der Waals surface area contributed by atoms with Crippen molar-refractivity contribution in [1.82, 2.24) is 10.2 Å². The summed E-state index contributed by atoms with van der Waals surface area (Å²) in [5.74, 6) is -1.71. The highest BCUT2D eigenvalue weighted by atomic mass is 35.5. The number of nitrogens with one attached hydrogen (secondary N) is 1. The molecule has 0 aliphatic rings. The molecule has 0 radical (unpaired) electrons. The number of nitrogens with zero attached hydrogens (tertiary/aromatic N) is 2. The van der Waals surface area contributed by atoms with Crippen molar-refractivity contribution in [1.29, 1.82) is 0 Å². The third-order valence-electron chi connectivity index (χ3n) is 6.21. The van der Waals surface area contributed by atoms with Crippen molar-refractivity contribution in [3.8, 4) is 0 Å². The van der Waals surface area contributed by atoms with E-state index in [1.807, 2.05) is 37.3 Å². The van der Waals surface area contributed by atoms with Crippen molar-refractivity contribution in [2.24, 2.45) is 0 Å². The molecule has 11 heteroatoms. The fourth-order valence-corrected chi connectivity index (χ4v) is 5.38. The molecular weight excluding hydrogens is 576 g/mol. The molecular formula is C29H32Cl2FN3O4S. The van der Waals surface area contributed by atoms with Crippen molar-refractivity contribution in [2.45, 2.75) is 38.8 Å². The summed E-state index contributed by atoms with van der Waals surface area (Å²) in [6.07, 6.45) is 2.78. The maximum Gasteiger partial charge on any atom is 0.244 e. The Morgan fingerprint density at radius 1 is 0.975 bits per heavy atom. The largest absolute Gasteiger partial charge is 0.354 e. The molecule has 7 nitrogen and oxygen atoms in total. The summed E-state index contributed by atoms with van der Waals surface area (Å²) in [6, 6.07) is 18.6. The van der Waals surface area contributed by atoms with Gasteiger partial charge in [-0.05, 0) is 47.9 Å². The van der Waals surface area contributed by atoms with Crippen molar-refractivity contribution < 1.29 is 22.4 Å². The Morgan fingerprint density at radius 2 is 1.68 bits per heavy atom. The Hall–Kier alpha value is -3.14. The van der Waals surface area contributed by atoms with E-state index in [9.17, 15) is 22.4 Å². The molecule has 3 aromatic carbocycles. The number of rotatable bonds is 13. The van der Waals surface area contributed by atoms with Gasteiger partial charge in [0, 0.05) is 24.5 Å². The van der Waals surface area contributed by atoms with Gasteiger partial charge in [0.15, 0.2) is 0 Å². The molecule has 0 fully saturated rings. The van der Waals surface area contributed by atoms with E-state index in [4.69, 9.17) is 23.2 Å². The van der Waals surface area contributed by atoms with Gasteiger partial charge in [-0.25, -0.2) is 12.8 Å². The Bertz CT molecular complexity index is 1420. The monoisotopic (exact) mass is 607 g/mol. The zero-order valence-electron chi connectivity index (χ0n) is 22.3. The van der Waals surface area contributed by atoms with Crippen LogP contribution in [0.2, 0.25) is 10.0 Å². The topological polar surface area (TPSA) is 86.8 Å². The van der Waals surface area contributed by atoms with E-state index >= 15 is 0 Å². The standard InChI is InChI=1S/C29H32Cl2FN3O4S/c1-3-4-15-33-29(37)27(17-21-9-6-5-7-10-21)34(19-22-11-8-12-23(30)16-22)28(36)20-35(40(2,38)39)24-13-14-26(32)25(31)18-24/h5-14,16,18,27H,3-4,15,17,19-20H2,1-2H3,(H,33,37)/t27-/m1/s1. The number of hydrogen-bond acceptors (Lipinski definition) is 4. The minimum absolute atomic E-state index is 0.000132. The molecule has 3 aromatic rings. The molecule has 40 heavy (non-hydrogen) atoms. The van der Waals surface area contributed by atoms with Crippen LogP contribution in [0.4, 0.5) is 10.1 Å². The van der Waals surface area contributed by atoms with Gasteiger partial charge < -0.3 is 10.2 Å². The zero-order valence-corrected chi connectivity index (χ0v) is 24.6. The van der Waals surface area contributed by atoms with Gasteiger partial charge in [-0.3, -0.25) is 13.9 Å². The average molecular weight is 609 g/mol. The van der Waals surface area contributed by atoms with Gasteiger partial charge in [-0.15, -0.1) is 0 Å². The molecule has 1 atom stereocenters. The molecule has 0 unspecified atom stereocenters. The number of unbranched alkanes of at least 4 members (excludes halogenated alkanes) is 1. The van der Waals surface area contributed by atoms with Gasteiger partial charge >= 0.3 is 0 Å². The molecule has 214 valence electrons. The third kappa shape index (κ3) is 8.94. The van der Waals surface area contributed by atoms with Crippen LogP contribution in [0.5, 0.6) is 0 Å². The van der Waals surface area contributed by atoms with E-state index in [0.29, 0.717) is 17.1 Å². The van der Waals surface area contributed by atoms with Gasteiger partial charge in [0.05, 0.1) is 17.0 Å². The molecule has 2 amide bonds. The second-order valence-electron chi connectivity index (χ2n) is 9.37. The first kappa shape index (κ1) is 31.4. The predicted octanol–water partition coefficient (Wildman–Crippen LogP) is 5.45. The van der Waals surface area contributed by atoms with E-state index < -0.39 is 34.3 Å². The van der Waals surface area contributed by atoms with Gasteiger partial charge in [0.25, 0.3) is 0 Å². The molecule has 3 rings (SSSR count). The van der Waals surface area contributed by atoms with Crippen molar-refractivity contribution in [3.05, 3.63) is 99.8 Å². The van der Waals surface area contributed by atoms with Crippen LogP contribution in [-0.4, -0.2) is 50.5 Å². The number of hydrogen-bond donors (Lipinski definition) is 1. The number of anilines is 1. The summed E-state index contributed by atoms with van der Waals surface area (Å²) in [5, 5.41) is 3.08. The second-order valence-corrected chi connectivity index (χ2v) is 12.1. The molecule has 0 bridgehead atoms. The van der Waals surface area contributed by atoms with Crippen LogP contribution >= 0.6 is 23.2 Å². The summed E-state index contributed by atoms with van der Waals surface area (Å²) >= 11 is 12.1. The first-order chi connectivity index (χ1) is 19.0. The normalized spacial score (nSPS) is 12.0. The zero-order chi connectivity index (χ0) is 29.3. The third-order valence-corrected chi connectivity index (χ3v) is 7.88. The number of sulfonamides is 1. The summed E-state index contributed by atoms with van der Waals surface area (Å²) < 4.78 is 40.2. The maximum absolute atomic E-state index is 14.0.